The third-order valence-electron chi connectivity index (χ3n) is 2.80. The predicted molar refractivity (Wildman–Crippen MR) is 62.9 cm³/mol. The van der Waals surface area contributed by atoms with Crippen LogP contribution in [0.2, 0.25) is 0 Å². The number of primary amides is 1. The van der Waals surface area contributed by atoms with Crippen molar-refractivity contribution in [1.82, 2.24) is 20.2 Å². The van der Waals surface area contributed by atoms with Gasteiger partial charge in [0.25, 0.3) is 5.91 Å². The smallest absolute Gasteiger partial charge is 0.363 e. The minimum atomic E-state index is -4.54. The zero-order valence-electron chi connectivity index (χ0n) is 10.5. The van der Waals surface area contributed by atoms with E-state index in [4.69, 9.17) is 5.73 Å². The largest absolute Gasteiger partial charge is 0.435 e. The number of rotatable bonds is 4. The van der Waals surface area contributed by atoms with Crippen LogP contribution in [0.1, 0.15) is 40.2 Å². The molecule has 108 valence electrons. The van der Waals surface area contributed by atoms with Crippen molar-refractivity contribution in [3.63, 3.8) is 0 Å². The summed E-state index contributed by atoms with van der Waals surface area (Å²) in [7, 11) is 0. The normalized spacial score (nSPS) is 11.8. The van der Waals surface area contributed by atoms with Gasteiger partial charge in [0.15, 0.2) is 11.5 Å². The molecular formula is C11H12F3N5O. The molecule has 2 heterocycles. The van der Waals surface area contributed by atoms with Gasteiger partial charge in [-0.15, -0.1) is 0 Å². The fourth-order valence-corrected chi connectivity index (χ4v) is 1.88. The van der Waals surface area contributed by atoms with E-state index >= 15 is 0 Å². The fourth-order valence-electron chi connectivity index (χ4n) is 1.88. The molecular weight excluding hydrogens is 275 g/mol. The number of aryl methyl sites for hydroxylation is 1. The highest BCUT2D eigenvalue weighted by Gasteiger charge is 2.37. The molecule has 0 aliphatic carbocycles. The summed E-state index contributed by atoms with van der Waals surface area (Å²) in [6.45, 7) is 1.72. The molecule has 0 fully saturated rings. The summed E-state index contributed by atoms with van der Waals surface area (Å²) in [6, 6.07) is 0. The average molecular weight is 287 g/mol. The second-order valence-corrected chi connectivity index (χ2v) is 4.18. The maximum Gasteiger partial charge on any atom is 0.435 e. The van der Waals surface area contributed by atoms with Gasteiger partial charge in [0, 0.05) is 29.6 Å². The summed E-state index contributed by atoms with van der Waals surface area (Å²) in [5.74, 6) is -0.856. The standard InChI is InChI=1S/C11H12F3N5O/c1-2-7-6(8(19-18-7)11(12,13)14)3-5-4-16-10(17-5)9(15)20/h4H,2-3H2,1H3,(H2,15,20)(H,16,17)(H,18,19). The van der Waals surface area contributed by atoms with E-state index in [0.29, 0.717) is 17.8 Å². The Morgan fingerprint density at radius 3 is 2.65 bits per heavy atom. The number of carbonyl (C=O) groups is 1. The first-order chi connectivity index (χ1) is 9.32. The number of aromatic nitrogens is 4. The minimum Gasteiger partial charge on any atom is -0.363 e. The van der Waals surface area contributed by atoms with E-state index in [2.05, 4.69) is 20.2 Å². The first kappa shape index (κ1) is 14.1. The highest BCUT2D eigenvalue weighted by molar-refractivity contribution is 5.88. The quantitative estimate of drug-likeness (QED) is 0.792. The number of aromatic amines is 2. The van der Waals surface area contributed by atoms with Gasteiger partial charge in [-0.3, -0.25) is 9.89 Å². The van der Waals surface area contributed by atoms with E-state index in [1.165, 1.54) is 6.20 Å². The molecule has 0 atom stereocenters. The van der Waals surface area contributed by atoms with E-state index in [9.17, 15) is 18.0 Å². The molecule has 9 heteroatoms. The van der Waals surface area contributed by atoms with Crippen LogP contribution in [0, 0.1) is 0 Å². The summed E-state index contributed by atoms with van der Waals surface area (Å²) in [6.07, 6.45) is -2.93. The number of H-pyrrole nitrogens is 2. The zero-order valence-corrected chi connectivity index (χ0v) is 10.5. The number of nitrogens with one attached hydrogen (secondary N) is 2. The molecule has 0 saturated heterocycles. The molecule has 0 radical (unpaired) electrons. The first-order valence-corrected chi connectivity index (χ1v) is 5.80. The lowest BCUT2D eigenvalue weighted by Crippen LogP contribution is -2.13. The van der Waals surface area contributed by atoms with Crippen molar-refractivity contribution in [3.8, 4) is 0 Å². The van der Waals surface area contributed by atoms with E-state index in [1.54, 1.807) is 6.92 Å². The summed E-state index contributed by atoms with van der Waals surface area (Å²) in [5.41, 5.74) is 4.87. The number of amides is 1. The number of halogens is 3. The van der Waals surface area contributed by atoms with Crippen LogP contribution in [0.4, 0.5) is 13.2 Å². The Kier molecular flexibility index (Phi) is 3.51. The molecule has 2 rings (SSSR count). The van der Waals surface area contributed by atoms with Crippen LogP contribution in [-0.4, -0.2) is 26.1 Å². The predicted octanol–water partition coefficient (Wildman–Crippen LogP) is 1.40. The molecule has 1 amide bonds. The molecule has 20 heavy (non-hydrogen) atoms. The molecule has 0 saturated carbocycles. The summed E-state index contributed by atoms with van der Waals surface area (Å²) >= 11 is 0. The van der Waals surface area contributed by atoms with E-state index in [1.807, 2.05) is 0 Å². The van der Waals surface area contributed by atoms with Gasteiger partial charge in [-0.1, -0.05) is 6.92 Å². The number of nitrogens with zero attached hydrogens (tertiary/aromatic N) is 2. The fraction of sp³-hybridized carbons (Fsp3) is 0.364. The Labute approximate surface area is 111 Å². The Balaban J connectivity index is 2.36. The van der Waals surface area contributed by atoms with Crippen molar-refractivity contribution >= 4 is 5.91 Å². The van der Waals surface area contributed by atoms with Crippen LogP contribution in [0.25, 0.3) is 0 Å². The van der Waals surface area contributed by atoms with E-state index in [0.717, 1.165) is 0 Å². The number of imidazole rings is 1. The molecule has 0 aliphatic heterocycles. The zero-order chi connectivity index (χ0) is 14.9. The van der Waals surface area contributed by atoms with Crippen LogP contribution in [0.5, 0.6) is 0 Å². The van der Waals surface area contributed by atoms with Crippen molar-refractivity contribution in [2.45, 2.75) is 25.9 Å². The topological polar surface area (TPSA) is 100 Å². The first-order valence-electron chi connectivity index (χ1n) is 5.80. The second kappa shape index (κ2) is 4.99. The minimum absolute atomic E-state index is 0.0414. The number of carbonyl (C=O) groups excluding carboxylic acids is 1. The Hall–Kier alpha value is -2.32. The average Bonchev–Trinajstić information content (AvgIpc) is 2.95. The molecule has 0 unspecified atom stereocenters. The maximum atomic E-state index is 12.9. The molecule has 2 aromatic rings. The molecule has 6 nitrogen and oxygen atoms in total. The Morgan fingerprint density at radius 1 is 1.45 bits per heavy atom. The lowest BCUT2D eigenvalue weighted by atomic mass is 10.1. The van der Waals surface area contributed by atoms with E-state index in [-0.39, 0.29) is 17.8 Å². The molecule has 0 spiro atoms. The van der Waals surface area contributed by atoms with Gasteiger partial charge in [-0.25, -0.2) is 4.98 Å². The van der Waals surface area contributed by atoms with Gasteiger partial charge >= 0.3 is 6.18 Å². The van der Waals surface area contributed by atoms with Gasteiger partial charge in [0.1, 0.15) is 0 Å². The highest BCUT2D eigenvalue weighted by atomic mass is 19.4. The molecule has 0 aromatic carbocycles. The molecule has 0 bridgehead atoms. The Bertz CT molecular complexity index is 628. The lowest BCUT2D eigenvalue weighted by molar-refractivity contribution is -0.141. The third kappa shape index (κ3) is 2.65. The van der Waals surface area contributed by atoms with E-state index < -0.39 is 17.8 Å². The maximum absolute atomic E-state index is 12.9. The van der Waals surface area contributed by atoms with Crippen LogP contribution in [-0.2, 0) is 19.0 Å². The van der Waals surface area contributed by atoms with Gasteiger partial charge < -0.3 is 10.7 Å². The summed E-state index contributed by atoms with van der Waals surface area (Å²) in [5, 5.41) is 5.70. The Morgan fingerprint density at radius 2 is 2.15 bits per heavy atom. The molecule has 0 aliphatic rings. The highest BCUT2D eigenvalue weighted by Crippen LogP contribution is 2.32. The van der Waals surface area contributed by atoms with Crippen LogP contribution < -0.4 is 5.73 Å². The van der Waals surface area contributed by atoms with Crippen molar-refractivity contribution in [3.05, 3.63) is 34.7 Å². The summed E-state index contributed by atoms with van der Waals surface area (Å²) in [4.78, 5) is 17.2. The second-order valence-electron chi connectivity index (χ2n) is 4.18. The number of alkyl halides is 3. The van der Waals surface area contributed by atoms with Gasteiger partial charge in [0.05, 0.1) is 0 Å². The lowest BCUT2D eigenvalue weighted by Gasteiger charge is -2.06. The SMILES string of the molecule is CCc1[nH]nc(C(F)(F)F)c1Cc1cnc(C(N)=O)[nH]1. The van der Waals surface area contributed by atoms with Crippen molar-refractivity contribution in [1.29, 1.82) is 0 Å². The number of hydrogen-bond donors (Lipinski definition) is 3. The molecule has 4 N–H and O–H groups in total. The number of nitrogens with two attached hydrogens (primary N) is 1. The van der Waals surface area contributed by atoms with Gasteiger partial charge in [0.2, 0.25) is 0 Å². The van der Waals surface area contributed by atoms with Gasteiger partial charge in [-0.05, 0) is 6.42 Å². The van der Waals surface area contributed by atoms with Crippen LogP contribution in [0.15, 0.2) is 6.20 Å². The summed E-state index contributed by atoms with van der Waals surface area (Å²) < 4.78 is 38.6. The van der Waals surface area contributed by atoms with Crippen molar-refractivity contribution in [2.24, 2.45) is 5.73 Å². The third-order valence-corrected chi connectivity index (χ3v) is 2.80. The van der Waals surface area contributed by atoms with Crippen LogP contribution in [0.3, 0.4) is 0 Å². The monoisotopic (exact) mass is 287 g/mol. The number of hydrogen-bond acceptors (Lipinski definition) is 3. The van der Waals surface area contributed by atoms with Crippen LogP contribution >= 0.6 is 0 Å². The van der Waals surface area contributed by atoms with Gasteiger partial charge in [-0.2, -0.15) is 18.3 Å². The van der Waals surface area contributed by atoms with Crippen molar-refractivity contribution in [2.75, 3.05) is 0 Å². The van der Waals surface area contributed by atoms with Crippen molar-refractivity contribution < 1.29 is 18.0 Å². The molecule has 2 aromatic heterocycles.